The highest BCUT2D eigenvalue weighted by Crippen LogP contribution is 2.24. The molecule has 2 N–H and O–H groups in total. The minimum Gasteiger partial charge on any atom is -0.346 e. The van der Waals surface area contributed by atoms with Crippen molar-refractivity contribution in [2.75, 3.05) is 4.72 Å². The third-order valence-electron chi connectivity index (χ3n) is 4.46. The first-order chi connectivity index (χ1) is 14.7. The lowest BCUT2D eigenvalue weighted by atomic mass is 10.1. The van der Waals surface area contributed by atoms with Crippen molar-refractivity contribution >= 4 is 39.3 Å². The van der Waals surface area contributed by atoms with Crippen LogP contribution < -0.4 is 10.0 Å². The summed E-state index contributed by atoms with van der Waals surface area (Å²) in [5.74, 6) is -0.663. The highest BCUT2D eigenvalue weighted by atomic mass is 35.5. The minimum atomic E-state index is -3.80. The number of carbonyl (C=O) groups is 1. The quantitative estimate of drug-likeness (QED) is 0.479. The molecule has 1 amide bonds. The molecule has 0 spiro atoms. The van der Waals surface area contributed by atoms with Crippen molar-refractivity contribution in [2.24, 2.45) is 0 Å². The number of rotatable bonds is 7. The van der Waals surface area contributed by atoms with E-state index in [0.29, 0.717) is 16.3 Å². The van der Waals surface area contributed by atoms with Crippen LogP contribution in [0.15, 0.2) is 83.8 Å². The van der Waals surface area contributed by atoms with E-state index in [0.717, 1.165) is 5.56 Å². The molecule has 0 aliphatic rings. The SMILES string of the molecule is CC(NC(=O)/C=C/c1ccc(S(=O)(=O)Nc2ccccc2Cl)cc1)c1ccc(F)cc1. The molecule has 3 rings (SSSR count). The van der Waals surface area contributed by atoms with Gasteiger partial charge in [0.2, 0.25) is 5.91 Å². The zero-order valence-electron chi connectivity index (χ0n) is 16.5. The summed E-state index contributed by atoms with van der Waals surface area (Å²) in [5.41, 5.74) is 1.73. The van der Waals surface area contributed by atoms with Gasteiger partial charge in [0.1, 0.15) is 5.82 Å². The van der Waals surface area contributed by atoms with Gasteiger partial charge in [-0.05, 0) is 60.5 Å². The molecule has 160 valence electrons. The number of para-hydroxylation sites is 1. The molecule has 0 saturated carbocycles. The van der Waals surface area contributed by atoms with Crippen molar-refractivity contribution in [3.63, 3.8) is 0 Å². The lowest BCUT2D eigenvalue weighted by molar-refractivity contribution is -0.117. The standard InChI is InChI=1S/C23H20ClFN2O3S/c1-16(18-9-11-19(25)12-10-18)26-23(28)15-8-17-6-13-20(14-7-17)31(29,30)27-22-5-3-2-4-21(22)24/h2-16,27H,1H3,(H,26,28)/b15-8+. The normalized spacial score (nSPS) is 12.5. The average molecular weight is 459 g/mol. The predicted molar refractivity (Wildman–Crippen MR) is 121 cm³/mol. The summed E-state index contributed by atoms with van der Waals surface area (Å²) in [6, 6.07) is 18.2. The molecule has 0 bridgehead atoms. The maximum Gasteiger partial charge on any atom is 0.261 e. The molecule has 3 aromatic rings. The monoisotopic (exact) mass is 458 g/mol. The Hall–Kier alpha value is -3.16. The number of hydrogen-bond acceptors (Lipinski definition) is 3. The highest BCUT2D eigenvalue weighted by molar-refractivity contribution is 7.92. The summed E-state index contributed by atoms with van der Waals surface area (Å²) in [6.45, 7) is 1.80. The van der Waals surface area contributed by atoms with Crippen LogP contribution >= 0.6 is 11.6 Å². The predicted octanol–water partition coefficient (Wildman–Crippen LogP) is 5.17. The zero-order valence-corrected chi connectivity index (χ0v) is 18.1. The zero-order chi connectivity index (χ0) is 22.4. The molecule has 8 heteroatoms. The Morgan fingerprint density at radius 3 is 2.29 bits per heavy atom. The first kappa shape index (κ1) is 22.5. The Morgan fingerprint density at radius 2 is 1.65 bits per heavy atom. The van der Waals surface area contributed by atoms with Crippen LogP contribution in [0.4, 0.5) is 10.1 Å². The second kappa shape index (κ2) is 9.76. The molecule has 3 aromatic carbocycles. The summed E-state index contributed by atoms with van der Waals surface area (Å²) in [7, 11) is -3.80. The van der Waals surface area contributed by atoms with Crippen LogP contribution in [0.3, 0.4) is 0 Å². The number of benzene rings is 3. The van der Waals surface area contributed by atoms with Crippen molar-refractivity contribution < 1.29 is 17.6 Å². The maximum absolute atomic E-state index is 13.0. The number of hydrogen-bond donors (Lipinski definition) is 2. The number of amides is 1. The Balaban J connectivity index is 1.63. The summed E-state index contributed by atoms with van der Waals surface area (Å²) < 4.78 is 40.5. The third-order valence-corrected chi connectivity index (χ3v) is 6.18. The molecule has 1 unspecified atom stereocenters. The van der Waals surface area contributed by atoms with Gasteiger partial charge < -0.3 is 5.32 Å². The molecule has 0 aliphatic carbocycles. The van der Waals surface area contributed by atoms with Gasteiger partial charge >= 0.3 is 0 Å². The van der Waals surface area contributed by atoms with Gasteiger partial charge in [-0.1, -0.05) is 48.0 Å². The number of carbonyl (C=O) groups excluding carboxylic acids is 1. The van der Waals surface area contributed by atoms with Crippen molar-refractivity contribution in [1.29, 1.82) is 0 Å². The van der Waals surface area contributed by atoms with Crippen molar-refractivity contribution in [1.82, 2.24) is 5.32 Å². The number of nitrogens with one attached hydrogen (secondary N) is 2. The molecule has 0 heterocycles. The van der Waals surface area contributed by atoms with E-state index in [1.165, 1.54) is 30.3 Å². The van der Waals surface area contributed by atoms with Gasteiger partial charge in [-0.2, -0.15) is 0 Å². The third kappa shape index (κ3) is 6.16. The molecule has 0 fully saturated rings. The average Bonchev–Trinajstić information content (AvgIpc) is 2.74. The Bertz CT molecular complexity index is 1190. The second-order valence-corrected chi connectivity index (χ2v) is 8.86. The molecule has 5 nitrogen and oxygen atoms in total. The molecular formula is C23H20ClFN2O3S. The largest absolute Gasteiger partial charge is 0.346 e. The molecule has 0 radical (unpaired) electrons. The van der Waals surface area contributed by atoms with Crippen LogP contribution in [0.2, 0.25) is 5.02 Å². The number of anilines is 1. The van der Waals surface area contributed by atoms with Crippen molar-refractivity contribution in [2.45, 2.75) is 17.9 Å². The topological polar surface area (TPSA) is 75.3 Å². The number of halogens is 2. The Labute approximate surface area is 185 Å². The molecule has 31 heavy (non-hydrogen) atoms. The summed E-state index contributed by atoms with van der Waals surface area (Å²) in [4.78, 5) is 12.2. The van der Waals surface area contributed by atoms with Crippen molar-refractivity contribution in [3.8, 4) is 0 Å². The fraction of sp³-hybridized carbons (Fsp3) is 0.0870. The van der Waals surface area contributed by atoms with Crippen LogP contribution in [-0.2, 0) is 14.8 Å². The highest BCUT2D eigenvalue weighted by Gasteiger charge is 2.15. The lowest BCUT2D eigenvalue weighted by Crippen LogP contribution is -2.24. The second-order valence-electron chi connectivity index (χ2n) is 6.77. The van der Waals surface area contributed by atoms with Crippen LogP contribution in [0.1, 0.15) is 24.1 Å². The van der Waals surface area contributed by atoms with E-state index in [2.05, 4.69) is 10.0 Å². The number of sulfonamides is 1. The van der Waals surface area contributed by atoms with E-state index < -0.39 is 10.0 Å². The van der Waals surface area contributed by atoms with Gasteiger partial charge in [-0.25, -0.2) is 12.8 Å². The van der Waals surface area contributed by atoms with Crippen LogP contribution in [0, 0.1) is 5.82 Å². The van der Waals surface area contributed by atoms with E-state index >= 15 is 0 Å². The summed E-state index contributed by atoms with van der Waals surface area (Å²) in [6.07, 6.45) is 2.93. The van der Waals surface area contributed by atoms with Crippen molar-refractivity contribution in [3.05, 3.63) is 101 Å². The van der Waals surface area contributed by atoms with Gasteiger partial charge in [-0.3, -0.25) is 9.52 Å². The minimum absolute atomic E-state index is 0.0685. The fourth-order valence-corrected chi connectivity index (χ4v) is 4.09. The van der Waals surface area contributed by atoms with E-state index in [4.69, 9.17) is 11.6 Å². The molecular weight excluding hydrogens is 439 g/mol. The van der Waals surface area contributed by atoms with E-state index in [1.54, 1.807) is 61.5 Å². The first-order valence-corrected chi connectivity index (χ1v) is 11.2. The van der Waals surface area contributed by atoms with Crippen LogP contribution in [-0.4, -0.2) is 14.3 Å². The van der Waals surface area contributed by atoms with Gasteiger partial charge in [0.15, 0.2) is 0 Å². The Kier molecular flexibility index (Phi) is 7.09. The lowest BCUT2D eigenvalue weighted by Gasteiger charge is -2.12. The van der Waals surface area contributed by atoms with Gasteiger partial charge in [-0.15, -0.1) is 0 Å². The molecule has 0 saturated heterocycles. The summed E-state index contributed by atoms with van der Waals surface area (Å²) >= 11 is 6.01. The fourth-order valence-electron chi connectivity index (χ4n) is 2.77. The van der Waals surface area contributed by atoms with Gasteiger partial charge in [0.25, 0.3) is 10.0 Å². The molecule has 1 atom stereocenters. The Morgan fingerprint density at radius 1 is 1.00 bits per heavy atom. The first-order valence-electron chi connectivity index (χ1n) is 9.36. The van der Waals surface area contributed by atoms with E-state index in [-0.39, 0.29) is 22.7 Å². The van der Waals surface area contributed by atoms with E-state index in [1.807, 2.05) is 0 Å². The molecule has 0 aliphatic heterocycles. The smallest absolute Gasteiger partial charge is 0.261 e. The summed E-state index contributed by atoms with van der Waals surface area (Å²) in [5, 5.41) is 3.09. The molecule has 0 aromatic heterocycles. The van der Waals surface area contributed by atoms with Gasteiger partial charge in [0, 0.05) is 6.08 Å². The van der Waals surface area contributed by atoms with Crippen LogP contribution in [0.5, 0.6) is 0 Å². The van der Waals surface area contributed by atoms with Crippen LogP contribution in [0.25, 0.3) is 6.08 Å². The van der Waals surface area contributed by atoms with E-state index in [9.17, 15) is 17.6 Å². The maximum atomic E-state index is 13.0. The van der Waals surface area contributed by atoms with Gasteiger partial charge in [0.05, 0.1) is 21.6 Å².